The number of carbonyl (C=O) groups excluding carboxylic acids is 1. The molecule has 20 heavy (non-hydrogen) atoms. The molecular weight excluding hydrogens is 252 g/mol. The van der Waals surface area contributed by atoms with Gasteiger partial charge in [-0.05, 0) is 44.5 Å². The van der Waals surface area contributed by atoms with E-state index in [1.807, 2.05) is 25.3 Å². The number of hydrogen-bond acceptors (Lipinski definition) is 3. The van der Waals surface area contributed by atoms with Crippen molar-refractivity contribution in [3.8, 4) is 6.07 Å². The highest BCUT2D eigenvalue weighted by atomic mass is 16.2. The molecule has 1 saturated heterocycles. The predicted molar refractivity (Wildman–Crippen MR) is 77.3 cm³/mol. The van der Waals surface area contributed by atoms with Crippen LogP contribution in [0.25, 0.3) is 0 Å². The first-order chi connectivity index (χ1) is 9.76. The Kier molecular flexibility index (Phi) is 5.19. The molecule has 2 heterocycles. The van der Waals surface area contributed by atoms with Gasteiger partial charge in [-0.1, -0.05) is 6.92 Å². The fraction of sp³-hybridized carbons (Fsp3) is 0.600. The number of carbonyl (C=O) groups is 1. The maximum atomic E-state index is 12.4. The quantitative estimate of drug-likeness (QED) is 0.860. The zero-order valence-electron chi connectivity index (χ0n) is 11.9. The molecule has 1 aromatic rings. The molecule has 0 bridgehead atoms. The third kappa shape index (κ3) is 3.40. The monoisotopic (exact) mass is 274 g/mol. The van der Waals surface area contributed by atoms with Crippen LogP contribution in [0.4, 0.5) is 0 Å². The average Bonchev–Trinajstić information content (AvgIpc) is 2.97. The summed E-state index contributed by atoms with van der Waals surface area (Å²) in [6.45, 7) is 3.97. The van der Waals surface area contributed by atoms with Crippen LogP contribution in [0.5, 0.6) is 0 Å². The highest BCUT2D eigenvalue weighted by Crippen LogP contribution is 2.21. The first-order valence-electron chi connectivity index (χ1n) is 7.31. The Hall–Kier alpha value is -1.80. The van der Waals surface area contributed by atoms with E-state index >= 15 is 0 Å². The number of rotatable bonds is 5. The van der Waals surface area contributed by atoms with Crippen molar-refractivity contribution in [2.45, 2.75) is 44.7 Å². The number of nitrogens with one attached hydrogen (secondary N) is 2. The number of nitrogens with zero attached hydrogens (tertiary/aromatic N) is 2. The highest BCUT2D eigenvalue weighted by molar-refractivity contribution is 5.93. The molecule has 1 atom stereocenters. The van der Waals surface area contributed by atoms with Crippen LogP contribution in [0.15, 0.2) is 18.3 Å². The van der Waals surface area contributed by atoms with E-state index in [4.69, 9.17) is 5.26 Å². The van der Waals surface area contributed by atoms with Gasteiger partial charge in [-0.2, -0.15) is 5.26 Å². The lowest BCUT2D eigenvalue weighted by Crippen LogP contribution is -2.36. The molecule has 0 aromatic carbocycles. The van der Waals surface area contributed by atoms with Gasteiger partial charge in [0.15, 0.2) is 0 Å². The molecule has 5 nitrogen and oxygen atoms in total. The maximum Gasteiger partial charge on any atom is 0.268 e. The topological polar surface area (TPSA) is 69.8 Å². The molecule has 0 radical (unpaired) electrons. The second-order valence-corrected chi connectivity index (χ2v) is 5.22. The molecule has 0 saturated carbocycles. The molecule has 0 spiro atoms. The Morgan fingerprint density at radius 2 is 2.35 bits per heavy atom. The van der Waals surface area contributed by atoms with Crippen molar-refractivity contribution >= 4 is 5.91 Å². The normalized spacial score (nSPS) is 17.4. The molecule has 1 aliphatic rings. The van der Waals surface area contributed by atoms with Crippen molar-refractivity contribution in [2.24, 2.45) is 0 Å². The van der Waals surface area contributed by atoms with E-state index in [1.165, 1.54) is 0 Å². The molecule has 1 unspecified atom stereocenters. The van der Waals surface area contributed by atoms with Gasteiger partial charge in [0.05, 0.1) is 12.5 Å². The zero-order valence-corrected chi connectivity index (χ0v) is 11.9. The Labute approximate surface area is 120 Å². The number of aromatic nitrogens is 1. The SMILES string of the molecule is CCC(CC#N)NC(=O)c1cccn1C1CCNCC1. The standard InChI is InChI=1S/C15H22N4O/c1-2-12(5-8-16)18-15(20)14-4-3-11-19(14)13-6-9-17-10-7-13/h3-4,11-13,17H,2,5-7,9-10H2,1H3,(H,18,20). The first-order valence-corrected chi connectivity index (χ1v) is 7.31. The lowest BCUT2D eigenvalue weighted by molar-refractivity contribution is 0.0923. The van der Waals surface area contributed by atoms with Crippen LogP contribution in [-0.4, -0.2) is 29.6 Å². The Morgan fingerprint density at radius 1 is 1.60 bits per heavy atom. The summed E-state index contributed by atoms with van der Waals surface area (Å²) in [6, 6.07) is 6.22. The van der Waals surface area contributed by atoms with E-state index in [0.29, 0.717) is 18.2 Å². The summed E-state index contributed by atoms with van der Waals surface area (Å²) < 4.78 is 2.08. The van der Waals surface area contributed by atoms with Gasteiger partial charge in [0.25, 0.3) is 5.91 Å². The van der Waals surface area contributed by atoms with E-state index in [0.717, 1.165) is 32.4 Å². The van der Waals surface area contributed by atoms with Gasteiger partial charge in [-0.3, -0.25) is 4.79 Å². The van der Waals surface area contributed by atoms with Crippen LogP contribution in [0.3, 0.4) is 0 Å². The van der Waals surface area contributed by atoms with Crippen molar-refractivity contribution in [3.63, 3.8) is 0 Å². The van der Waals surface area contributed by atoms with Crippen molar-refractivity contribution in [1.29, 1.82) is 5.26 Å². The van der Waals surface area contributed by atoms with Crippen LogP contribution < -0.4 is 10.6 Å². The Bertz CT molecular complexity index is 482. The minimum atomic E-state index is -0.0735. The maximum absolute atomic E-state index is 12.4. The Morgan fingerprint density at radius 3 is 3.00 bits per heavy atom. The molecule has 108 valence electrons. The molecule has 2 N–H and O–H groups in total. The van der Waals surface area contributed by atoms with Crippen molar-refractivity contribution in [1.82, 2.24) is 15.2 Å². The molecule has 5 heteroatoms. The van der Waals surface area contributed by atoms with Gasteiger partial charge in [0, 0.05) is 18.3 Å². The third-order valence-corrected chi connectivity index (χ3v) is 3.88. The minimum Gasteiger partial charge on any atom is -0.347 e. The number of nitriles is 1. The van der Waals surface area contributed by atoms with Crippen LogP contribution in [0.2, 0.25) is 0 Å². The van der Waals surface area contributed by atoms with Gasteiger partial charge < -0.3 is 15.2 Å². The molecule has 1 fully saturated rings. The summed E-state index contributed by atoms with van der Waals surface area (Å²) in [4.78, 5) is 12.4. The molecule has 1 amide bonds. The number of hydrogen-bond donors (Lipinski definition) is 2. The summed E-state index contributed by atoms with van der Waals surface area (Å²) in [5, 5.41) is 15.0. The average molecular weight is 274 g/mol. The van der Waals surface area contributed by atoms with Gasteiger partial charge in [0.1, 0.15) is 5.69 Å². The third-order valence-electron chi connectivity index (χ3n) is 3.88. The largest absolute Gasteiger partial charge is 0.347 e. The van der Waals surface area contributed by atoms with Crippen LogP contribution in [0, 0.1) is 11.3 Å². The van der Waals surface area contributed by atoms with E-state index in [9.17, 15) is 4.79 Å². The van der Waals surface area contributed by atoms with Gasteiger partial charge in [0.2, 0.25) is 0 Å². The lowest BCUT2D eigenvalue weighted by atomic mass is 10.1. The second kappa shape index (κ2) is 7.11. The van der Waals surface area contributed by atoms with Crippen molar-refractivity contribution in [3.05, 3.63) is 24.0 Å². The predicted octanol–water partition coefficient (Wildman–Crippen LogP) is 1.83. The Balaban J connectivity index is 2.06. The van der Waals surface area contributed by atoms with Gasteiger partial charge in [-0.15, -0.1) is 0 Å². The molecular formula is C15H22N4O. The minimum absolute atomic E-state index is 0.0659. The zero-order chi connectivity index (χ0) is 14.4. The van der Waals surface area contributed by atoms with E-state index in [2.05, 4.69) is 21.3 Å². The number of amides is 1. The molecule has 1 aliphatic heterocycles. The smallest absolute Gasteiger partial charge is 0.268 e. The van der Waals surface area contributed by atoms with E-state index < -0.39 is 0 Å². The molecule has 2 rings (SSSR count). The van der Waals surface area contributed by atoms with Crippen LogP contribution in [0.1, 0.15) is 49.1 Å². The number of piperidine rings is 1. The molecule has 1 aromatic heterocycles. The summed E-state index contributed by atoms with van der Waals surface area (Å²) in [7, 11) is 0. The summed E-state index contributed by atoms with van der Waals surface area (Å²) in [5.74, 6) is -0.0735. The second-order valence-electron chi connectivity index (χ2n) is 5.22. The van der Waals surface area contributed by atoms with E-state index in [-0.39, 0.29) is 11.9 Å². The first kappa shape index (κ1) is 14.6. The van der Waals surface area contributed by atoms with Crippen LogP contribution >= 0.6 is 0 Å². The summed E-state index contributed by atoms with van der Waals surface area (Å²) in [6.07, 6.45) is 5.20. The van der Waals surface area contributed by atoms with Gasteiger partial charge >= 0.3 is 0 Å². The van der Waals surface area contributed by atoms with E-state index in [1.54, 1.807) is 0 Å². The molecule has 0 aliphatic carbocycles. The van der Waals surface area contributed by atoms with Gasteiger partial charge in [-0.25, -0.2) is 0 Å². The summed E-state index contributed by atoms with van der Waals surface area (Å²) >= 11 is 0. The highest BCUT2D eigenvalue weighted by Gasteiger charge is 2.21. The van der Waals surface area contributed by atoms with Crippen molar-refractivity contribution in [2.75, 3.05) is 13.1 Å². The van der Waals surface area contributed by atoms with Crippen LogP contribution in [-0.2, 0) is 0 Å². The fourth-order valence-corrected chi connectivity index (χ4v) is 2.66. The fourth-order valence-electron chi connectivity index (χ4n) is 2.66. The summed E-state index contributed by atoms with van der Waals surface area (Å²) in [5.41, 5.74) is 0.702. The lowest BCUT2D eigenvalue weighted by Gasteiger charge is -2.26. The van der Waals surface area contributed by atoms with Crippen molar-refractivity contribution < 1.29 is 4.79 Å².